The fourth-order valence-corrected chi connectivity index (χ4v) is 8.35. The fraction of sp³-hybridized carbons (Fsp3) is 1.00. The standard InChI is InChI=1S/C23H38O3/c1-19(2)25-13-17(26-19)20(3)10-11-22(5)15(12-20)6-9-23-14-21(23,4)8-7-16(24)18(22)23/h15-18,24H,6-14H2,1-5H3/t15-,16-,17-,18+,20-,21-,22-,23-/m0/s1. The van der Waals surface area contributed by atoms with Gasteiger partial charge >= 0.3 is 0 Å². The first kappa shape index (κ1) is 17.9. The normalized spacial score (nSPS) is 60.7. The third-order valence-electron chi connectivity index (χ3n) is 10.1. The van der Waals surface area contributed by atoms with Crippen molar-refractivity contribution >= 4 is 0 Å². The molecule has 0 bridgehead atoms. The van der Waals surface area contributed by atoms with Gasteiger partial charge in [0.2, 0.25) is 0 Å². The van der Waals surface area contributed by atoms with E-state index in [1.165, 1.54) is 44.9 Å². The molecule has 0 aromatic heterocycles. The molecule has 1 aliphatic heterocycles. The van der Waals surface area contributed by atoms with E-state index in [-0.39, 0.29) is 17.6 Å². The minimum atomic E-state index is -0.430. The third kappa shape index (κ3) is 2.17. The second-order valence-corrected chi connectivity index (χ2v) is 11.9. The first-order valence-electron chi connectivity index (χ1n) is 11.0. The topological polar surface area (TPSA) is 38.7 Å². The zero-order valence-corrected chi connectivity index (χ0v) is 17.4. The summed E-state index contributed by atoms with van der Waals surface area (Å²) in [5, 5.41) is 11.1. The van der Waals surface area contributed by atoms with Crippen LogP contribution in [0.3, 0.4) is 0 Å². The van der Waals surface area contributed by atoms with Gasteiger partial charge in [-0.3, -0.25) is 0 Å². The largest absolute Gasteiger partial charge is 0.393 e. The van der Waals surface area contributed by atoms with Gasteiger partial charge in [0.1, 0.15) is 0 Å². The number of fused-ring (bicyclic) bond motifs is 2. The van der Waals surface area contributed by atoms with Gasteiger partial charge in [-0.15, -0.1) is 0 Å². The Kier molecular flexibility index (Phi) is 3.50. The molecule has 1 heterocycles. The molecule has 1 spiro atoms. The maximum atomic E-state index is 11.1. The molecule has 4 aliphatic carbocycles. The number of ether oxygens (including phenoxy) is 2. The number of hydrogen-bond donors (Lipinski definition) is 1. The van der Waals surface area contributed by atoms with Crippen molar-refractivity contribution in [1.29, 1.82) is 0 Å². The van der Waals surface area contributed by atoms with Crippen LogP contribution in [-0.2, 0) is 9.47 Å². The van der Waals surface area contributed by atoms with Gasteiger partial charge in [0.15, 0.2) is 5.79 Å². The van der Waals surface area contributed by atoms with Crippen molar-refractivity contribution in [2.75, 3.05) is 6.61 Å². The van der Waals surface area contributed by atoms with Crippen LogP contribution >= 0.6 is 0 Å². The zero-order valence-electron chi connectivity index (χ0n) is 17.4. The van der Waals surface area contributed by atoms with Crippen molar-refractivity contribution in [3.63, 3.8) is 0 Å². The van der Waals surface area contributed by atoms with Crippen LogP contribution in [0.1, 0.15) is 86.0 Å². The lowest BCUT2D eigenvalue weighted by Crippen LogP contribution is -2.57. The first-order chi connectivity index (χ1) is 12.0. The fourth-order valence-electron chi connectivity index (χ4n) is 8.35. The Morgan fingerprint density at radius 1 is 0.923 bits per heavy atom. The molecule has 26 heavy (non-hydrogen) atoms. The molecular formula is C23H38O3. The van der Waals surface area contributed by atoms with Crippen molar-refractivity contribution in [3.05, 3.63) is 0 Å². The molecule has 148 valence electrons. The molecule has 5 rings (SSSR count). The minimum absolute atomic E-state index is 0.0762. The van der Waals surface area contributed by atoms with Crippen molar-refractivity contribution in [1.82, 2.24) is 0 Å². The zero-order chi connectivity index (χ0) is 18.6. The van der Waals surface area contributed by atoms with Crippen molar-refractivity contribution in [3.8, 4) is 0 Å². The molecule has 4 saturated carbocycles. The molecule has 8 atom stereocenters. The highest BCUT2D eigenvalue weighted by Crippen LogP contribution is 2.82. The van der Waals surface area contributed by atoms with Gasteiger partial charge < -0.3 is 14.6 Å². The van der Waals surface area contributed by atoms with E-state index < -0.39 is 5.79 Å². The molecule has 1 saturated heterocycles. The van der Waals surface area contributed by atoms with Crippen LogP contribution in [0.4, 0.5) is 0 Å². The van der Waals surface area contributed by atoms with Gasteiger partial charge in [-0.2, -0.15) is 0 Å². The monoisotopic (exact) mass is 362 g/mol. The van der Waals surface area contributed by atoms with Crippen LogP contribution in [0.25, 0.3) is 0 Å². The van der Waals surface area contributed by atoms with Crippen LogP contribution < -0.4 is 0 Å². The van der Waals surface area contributed by atoms with Gasteiger partial charge in [0.05, 0.1) is 18.8 Å². The first-order valence-corrected chi connectivity index (χ1v) is 11.0. The molecule has 5 fully saturated rings. The Hall–Kier alpha value is -0.120. The summed E-state index contributed by atoms with van der Waals surface area (Å²) in [7, 11) is 0. The molecular weight excluding hydrogens is 324 g/mol. The van der Waals surface area contributed by atoms with E-state index in [0.29, 0.717) is 22.2 Å². The van der Waals surface area contributed by atoms with E-state index in [0.717, 1.165) is 18.9 Å². The quantitative estimate of drug-likeness (QED) is 0.720. The Morgan fingerprint density at radius 2 is 1.69 bits per heavy atom. The Labute approximate surface area is 159 Å². The van der Waals surface area contributed by atoms with Crippen LogP contribution in [-0.4, -0.2) is 29.7 Å². The van der Waals surface area contributed by atoms with E-state index in [1.807, 2.05) is 13.8 Å². The van der Waals surface area contributed by atoms with Crippen molar-refractivity contribution in [2.45, 2.75) is 104 Å². The van der Waals surface area contributed by atoms with Crippen LogP contribution in [0.5, 0.6) is 0 Å². The van der Waals surface area contributed by atoms with Gasteiger partial charge in [-0.1, -0.05) is 20.8 Å². The van der Waals surface area contributed by atoms with Gasteiger partial charge in [-0.25, -0.2) is 0 Å². The molecule has 0 aromatic carbocycles. The third-order valence-corrected chi connectivity index (χ3v) is 10.1. The van der Waals surface area contributed by atoms with Crippen LogP contribution in [0.15, 0.2) is 0 Å². The second kappa shape index (κ2) is 5.07. The highest BCUT2D eigenvalue weighted by Gasteiger charge is 2.75. The maximum Gasteiger partial charge on any atom is 0.163 e. The molecule has 0 unspecified atom stereocenters. The van der Waals surface area contributed by atoms with E-state index in [1.54, 1.807) is 0 Å². The molecule has 3 heteroatoms. The highest BCUT2D eigenvalue weighted by atomic mass is 16.7. The smallest absolute Gasteiger partial charge is 0.163 e. The van der Waals surface area contributed by atoms with E-state index in [9.17, 15) is 5.11 Å². The van der Waals surface area contributed by atoms with E-state index in [2.05, 4.69) is 20.8 Å². The summed E-state index contributed by atoms with van der Waals surface area (Å²) < 4.78 is 12.2. The minimum Gasteiger partial charge on any atom is -0.393 e. The van der Waals surface area contributed by atoms with Crippen molar-refractivity contribution in [2.24, 2.45) is 33.5 Å². The summed E-state index contributed by atoms with van der Waals surface area (Å²) in [5.41, 5.74) is 1.51. The molecule has 0 amide bonds. The SMILES string of the molecule is CC1(C)OC[C@@H]([C@@]2(C)CC[C@@]3(C)[C@@H](CC[C@@]45C[C@]4(C)CC[C@H](O)[C@H]35)C2)O1. The van der Waals surface area contributed by atoms with E-state index in [4.69, 9.17) is 9.47 Å². The lowest BCUT2D eigenvalue weighted by Gasteiger charge is -2.61. The van der Waals surface area contributed by atoms with Crippen LogP contribution in [0, 0.1) is 33.5 Å². The Balaban J connectivity index is 1.41. The number of aliphatic hydroxyl groups is 1. The van der Waals surface area contributed by atoms with Gasteiger partial charge in [0.25, 0.3) is 0 Å². The Morgan fingerprint density at radius 3 is 2.38 bits per heavy atom. The lowest BCUT2D eigenvalue weighted by molar-refractivity contribution is -0.183. The van der Waals surface area contributed by atoms with Gasteiger partial charge in [-0.05, 0) is 98.7 Å². The van der Waals surface area contributed by atoms with E-state index >= 15 is 0 Å². The predicted octanol–water partition coefficient (Wildman–Crippen LogP) is 4.91. The van der Waals surface area contributed by atoms with Crippen LogP contribution in [0.2, 0.25) is 0 Å². The number of rotatable bonds is 1. The number of aliphatic hydroxyl groups excluding tert-OH is 1. The molecule has 1 N–H and O–H groups in total. The predicted molar refractivity (Wildman–Crippen MR) is 102 cm³/mol. The molecule has 0 radical (unpaired) electrons. The summed E-state index contributed by atoms with van der Waals surface area (Å²) in [5.74, 6) is 0.816. The molecule has 3 nitrogen and oxygen atoms in total. The van der Waals surface area contributed by atoms with Gasteiger partial charge in [0, 0.05) is 0 Å². The van der Waals surface area contributed by atoms with Crippen molar-refractivity contribution < 1.29 is 14.6 Å². The summed E-state index contributed by atoms with van der Waals surface area (Å²) in [4.78, 5) is 0. The molecule has 0 aromatic rings. The Bertz CT molecular complexity index is 617. The average Bonchev–Trinajstić information content (AvgIpc) is 2.98. The summed E-state index contributed by atoms with van der Waals surface area (Å²) in [6, 6.07) is 0. The average molecular weight is 363 g/mol. The maximum absolute atomic E-state index is 11.1. The summed E-state index contributed by atoms with van der Waals surface area (Å²) in [6.07, 6.45) is 10.2. The highest BCUT2D eigenvalue weighted by molar-refractivity contribution is 5.24. The lowest BCUT2D eigenvalue weighted by atomic mass is 9.44. The number of hydrogen-bond acceptors (Lipinski definition) is 3. The second-order valence-electron chi connectivity index (χ2n) is 11.9. The molecule has 5 aliphatic rings. The summed E-state index contributed by atoms with van der Waals surface area (Å²) in [6.45, 7) is 12.3. The summed E-state index contributed by atoms with van der Waals surface area (Å²) >= 11 is 0.